The smallest absolute Gasteiger partial charge is 0.361 e. The average Bonchev–Trinajstić information content (AvgIpc) is 3.55. The molecule has 9 heteroatoms. The van der Waals surface area contributed by atoms with Crippen LogP contribution < -0.4 is 0 Å². The Bertz CT molecular complexity index is 1940. The first-order valence-corrected chi connectivity index (χ1v) is 35.0. The van der Waals surface area contributed by atoms with Crippen molar-refractivity contribution in [3.63, 3.8) is 0 Å². The van der Waals surface area contributed by atoms with Crippen molar-refractivity contribution in [2.75, 3.05) is 47.5 Å². The summed E-state index contributed by atoms with van der Waals surface area (Å²) in [5.41, 5.74) is 0. The van der Waals surface area contributed by atoms with Crippen molar-refractivity contribution < 1.29 is 42.9 Å². The molecule has 0 spiro atoms. The number of likely N-dealkylation sites (N-methyl/N-ethyl adjacent to an activating group) is 1. The van der Waals surface area contributed by atoms with Gasteiger partial charge in [-0.25, -0.2) is 4.79 Å². The van der Waals surface area contributed by atoms with Crippen LogP contribution >= 0.6 is 0 Å². The van der Waals surface area contributed by atoms with E-state index in [0.29, 0.717) is 23.9 Å². The van der Waals surface area contributed by atoms with Crippen molar-refractivity contribution in [2.45, 2.75) is 283 Å². The predicted molar refractivity (Wildman–Crippen MR) is 373 cm³/mol. The van der Waals surface area contributed by atoms with Gasteiger partial charge in [0.2, 0.25) is 0 Å². The highest BCUT2D eigenvalue weighted by Gasteiger charge is 2.25. The zero-order valence-electron chi connectivity index (χ0n) is 56.4. The van der Waals surface area contributed by atoms with Crippen LogP contribution in [-0.4, -0.2) is 87.4 Å². The number of esters is 2. The molecular formula is C78H130NO8+. The summed E-state index contributed by atoms with van der Waals surface area (Å²) in [6.07, 6.45) is 95.4. The first kappa shape index (κ1) is 82.2. The summed E-state index contributed by atoms with van der Waals surface area (Å²) in [6, 6.07) is 0. The molecule has 9 nitrogen and oxygen atoms in total. The molecule has 0 aliphatic heterocycles. The molecule has 0 heterocycles. The number of hydrogen-bond donors (Lipinski definition) is 1. The van der Waals surface area contributed by atoms with Gasteiger partial charge in [0.1, 0.15) is 13.2 Å². The van der Waals surface area contributed by atoms with Crippen LogP contribution in [0.2, 0.25) is 0 Å². The SMILES string of the molecule is CC/C=C\C/C=C\C/C=C\C/C=C\C/C=C\C/C=C\CCCCCCCCCCCCCCCCCCCCCCC(=O)OC(COC(=O)CCCCCC/C=C\C/C=C\C/C=C\C/C=C\C/C=C\C/C=C\CC)COC(OCC[N+](C)(C)C)C(=O)O. The maximum Gasteiger partial charge on any atom is 0.361 e. The number of aliphatic carboxylic acids is 1. The van der Waals surface area contributed by atoms with Crippen molar-refractivity contribution >= 4 is 17.9 Å². The fraction of sp³-hybridized carbons (Fsp3) is 0.654. The normalized spacial score (nSPS) is 13.6. The summed E-state index contributed by atoms with van der Waals surface area (Å²) < 4.78 is 22.9. The zero-order valence-corrected chi connectivity index (χ0v) is 56.4. The van der Waals surface area contributed by atoms with Crippen molar-refractivity contribution in [2.24, 2.45) is 0 Å². The Balaban J connectivity index is 4.11. The van der Waals surface area contributed by atoms with Gasteiger partial charge in [-0.2, -0.15) is 0 Å². The van der Waals surface area contributed by atoms with Crippen LogP contribution in [0.3, 0.4) is 0 Å². The van der Waals surface area contributed by atoms with E-state index in [4.69, 9.17) is 18.9 Å². The third-order valence-corrected chi connectivity index (χ3v) is 14.6. The summed E-state index contributed by atoms with van der Waals surface area (Å²) in [5, 5.41) is 9.74. The number of carbonyl (C=O) groups is 3. The Morgan fingerprint density at radius 1 is 0.345 bits per heavy atom. The number of allylic oxidation sites excluding steroid dienone is 24. The lowest BCUT2D eigenvalue weighted by Gasteiger charge is -2.25. The van der Waals surface area contributed by atoms with Gasteiger partial charge in [0.05, 0.1) is 34.4 Å². The van der Waals surface area contributed by atoms with Crippen LogP contribution in [0.15, 0.2) is 146 Å². The van der Waals surface area contributed by atoms with Crippen molar-refractivity contribution in [1.29, 1.82) is 0 Å². The first-order chi connectivity index (χ1) is 42.6. The van der Waals surface area contributed by atoms with Crippen LogP contribution in [-0.2, 0) is 33.3 Å². The largest absolute Gasteiger partial charge is 0.477 e. The molecule has 2 unspecified atom stereocenters. The van der Waals surface area contributed by atoms with Crippen LogP contribution in [0.1, 0.15) is 271 Å². The van der Waals surface area contributed by atoms with E-state index >= 15 is 0 Å². The van der Waals surface area contributed by atoms with Gasteiger partial charge < -0.3 is 28.5 Å². The van der Waals surface area contributed by atoms with Gasteiger partial charge >= 0.3 is 17.9 Å². The molecule has 0 aliphatic carbocycles. The van der Waals surface area contributed by atoms with E-state index in [1.807, 2.05) is 21.1 Å². The highest BCUT2D eigenvalue weighted by Crippen LogP contribution is 2.17. The number of carboxylic acid groups (broad SMARTS) is 1. The monoisotopic (exact) mass is 1210 g/mol. The topological polar surface area (TPSA) is 108 Å². The second kappa shape index (κ2) is 67.1. The number of carboxylic acids is 1. The Hall–Kier alpha value is -4.83. The van der Waals surface area contributed by atoms with Gasteiger partial charge in [-0.05, 0) is 116 Å². The van der Waals surface area contributed by atoms with E-state index in [0.717, 1.165) is 116 Å². The molecule has 0 saturated heterocycles. The molecule has 0 rings (SSSR count). The minimum absolute atomic E-state index is 0.177. The minimum atomic E-state index is -1.52. The molecule has 0 bridgehead atoms. The fourth-order valence-corrected chi connectivity index (χ4v) is 9.32. The molecule has 0 aliphatic rings. The molecule has 0 fully saturated rings. The van der Waals surface area contributed by atoms with E-state index in [1.54, 1.807) is 0 Å². The molecule has 494 valence electrons. The molecule has 0 aromatic rings. The summed E-state index contributed by atoms with van der Waals surface area (Å²) in [6.45, 7) is 4.62. The quantitative estimate of drug-likeness (QED) is 0.0211. The molecule has 1 N–H and O–H groups in total. The minimum Gasteiger partial charge on any atom is -0.477 e. The highest BCUT2D eigenvalue weighted by atomic mass is 16.7. The van der Waals surface area contributed by atoms with Gasteiger partial charge in [-0.3, -0.25) is 9.59 Å². The van der Waals surface area contributed by atoms with Gasteiger partial charge in [0.25, 0.3) is 6.29 Å². The summed E-state index contributed by atoms with van der Waals surface area (Å²) in [5.74, 6) is -2.04. The highest BCUT2D eigenvalue weighted by molar-refractivity contribution is 5.71. The molecule has 0 aromatic carbocycles. The first-order valence-electron chi connectivity index (χ1n) is 35.0. The molecule has 0 radical (unpaired) electrons. The molecule has 0 saturated carbocycles. The summed E-state index contributed by atoms with van der Waals surface area (Å²) in [4.78, 5) is 37.6. The van der Waals surface area contributed by atoms with Crippen LogP contribution in [0.5, 0.6) is 0 Å². The fourth-order valence-electron chi connectivity index (χ4n) is 9.32. The second-order valence-corrected chi connectivity index (χ2v) is 24.1. The summed E-state index contributed by atoms with van der Waals surface area (Å²) in [7, 11) is 5.96. The Morgan fingerprint density at radius 3 is 0.920 bits per heavy atom. The Morgan fingerprint density at radius 2 is 0.621 bits per heavy atom. The van der Waals surface area contributed by atoms with Gasteiger partial charge in [-0.1, -0.05) is 288 Å². The third kappa shape index (κ3) is 68.5. The Labute approximate surface area is 534 Å². The molecule has 0 amide bonds. The molecule has 2 atom stereocenters. The maximum atomic E-state index is 12.9. The van der Waals surface area contributed by atoms with E-state index in [2.05, 4.69) is 160 Å². The predicted octanol–water partition coefficient (Wildman–Crippen LogP) is 21.9. The Kier molecular flexibility index (Phi) is 63.4. The van der Waals surface area contributed by atoms with E-state index in [1.165, 1.54) is 116 Å². The molecule has 87 heavy (non-hydrogen) atoms. The number of nitrogens with zero attached hydrogens (tertiary/aromatic N) is 1. The van der Waals surface area contributed by atoms with E-state index in [-0.39, 0.29) is 38.6 Å². The van der Waals surface area contributed by atoms with Crippen molar-refractivity contribution in [3.05, 3.63) is 146 Å². The van der Waals surface area contributed by atoms with Gasteiger partial charge in [-0.15, -0.1) is 0 Å². The number of quaternary nitrogens is 1. The van der Waals surface area contributed by atoms with Crippen LogP contribution in [0.25, 0.3) is 0 Å². The number of hydrogen-bond acceptors (Lipinski definition) is 7. The van der Waals surface area contributed by atoms with E-state index in [9.17, 15) is 19.5 Å². The number of carbonyl (C=O) groups excluding carboxylic acids is 2. The number of unbranched alkanes of at least 4 members (excludes halogenated alkanes) is 24. The molecule has 0 aromatic heterocycles. The van der Waals surface area contributed by atoms with Crippen molar-refractivity contribution in [3.8, 4) is 0 Å². The van der Waals surface area contributed by atoms with Crippen LogP contribution in [0.4, 0.5) is 0 Å². The maximum absolute atomic E-state index is 12.9. The standard InChI is InChI=1S/C78H129NO8/c1-6-8-10-12-14-16-18-20-22-24-26-28-30-31-32-33-34-35-36-37-38-39-40-41-42-43-44-45-47-49-51-53-55-57-59-61-63-65-67-69-76(81)87-74(73-86-78(77(82)83)84-71-70-79(3,4)5)72-85-75(80)68-66-64-62-60-58-56-54-52-50-48-46-29-27-25-23-21-19-17-15-13-11-9-7-2/h8-11,14-17,20-23,26-29,31-32,34-35,48,50,54,56,74,78H,6-7,12-13,18-19,24-25,30,33,36-47,49,51-53,55,57-73H2,1-5H3/p+1/b10-8-,11-9-,16-14-,17-15-,22-20-,23-21-,28-26-,29-27-,32-31-,35-34-,50-48-,56-54-. The van der Waals surface area contributed by atoms with Gasteiger partial charge in [0.15, 0.2) is 6.10 Å². The third-order valence-electron chi connectivity index (χ3n) is 14.6. The lowest BCUT2D eigenvalue weighted by molar-refractivity contribution is -0.870. The molecular weight excluding hydrogens is 1080 g/mol. The second-order valence-electron chi connectivity index (χ2n) is 24.1. The number of rotatable bonds is 63. The van der Waals surface area contributed by atoms with E-state index < -0.39 is 24.3 Å². The average molecular weight is 1210 g/mol. The zero-order chi connectivity index (χ0) is 63.3. The lowest BCUT2D eigenvalue weighted by Crippen LogP contribution is -2.40. The number of ether oxygens (including phenoxy) is 4. The van der Waals surface area contributed by atoms with Crippen molar-refractivity contribution in [1.82, 2.24) is 0 Å². The lowest BCUT2D eigenvalue weighted by atomic mass is 10.0. The van der Waals surface area contributed by atoms with Crippen LogP contribution in [0, 0.1) is 0 Å². The van der Waals surface area contributed by atoms with Gasteiger partial charge in [0, 0.05) is 12.8 Å². The summed E-state index contributed by atoms with van der Waals surface area (Å²) >= 11 is 0.